The maximum absolute atomic E-state index is 11.0. The van der Waals surface area contributed by atoms with Crippen molar-refractivity contribution in [3.63, 3.8) is 0 Å². The van der Waals surface area contributed by atoms with E-state index in [0.29, 0.717) is 12.4 Å². The topological polar surface area (TPSA) is 64.1 Å². The molecule has 5 nitrogen and oxygen atoms in total. The number of ether oxygens (including phenoxy) is 1. The van der Waals surface area contributed by atoms with Gasteiger partial charge in [0.15, 0.2) is 0 Å². The summed E-state index contributed by atoms with van der Waals surface area (Å²) in [5, 5.41) is 2.95. The van der Waals surface area contributed by atoms with E-state index in [4.69, 9.17) is 16.3 Å². The minimum Gasteiger partial charge on any atom is -0.465 e. The van der Waals surface area contributed by atoms with Gasteiger partial charge in [-0.1, -0.05) is 0 Å². The van der Waals surface area contributed by atoms with E-state index >= 15 is 0 Å². The second-order valence-electron chi connectivity index (χ2n) is 2.82. The Kier molecular flexibility index (Phi) is 4.30. The predicted octanol–water partition coefficient (Wildman–Crippen LogP) is 1.41. The highest BCUT2D eigenvalue weighted by molar-refractivity contribution is 6.28. The van der Waals surface area contributed by atoms with Crippen LogP contribution in [0.3, 0.4) is 0 Å². The van der Waals surface area contributed by atoms with E-state index in [1.54, 1.807) is 19.9 Å². The maximum atomic E-state index is 11.0. The zero-order chi connectivity index (χ0) is 11.3. The third kappa shape index (κ3) is 4.12. The number of aryl methyl sites for hydroxylation is 1. The molecule has 0 saturated carbocycles. The Morgan fingerprint density at radius 2 is 2.33 bits per heavy atom. The average Bonchev–Trinajstić information content (AvgIpc) is 2.14. The van der Waals surface area contributed by atoms with Crippen molar-refractivity contribution in [3.8, 4) is 0 Å². The summed E-state index contributed by atoms with van der Waals surface area (Å²) in [6.45, 7) is 3.98. The van der Waals surface area contributed by atoms with Crippen LogP contribution in [0.2, 0.25) is 5.28 Å². The standard InChI is InChI=1S/C9H12ClN3O2/c1-3-15-8(14)5-11-7-4-6(2)12-9(10)13-7/h4H,3,5H2,1-2H3,(H,11,12,13). The van der Waals surface area contributed by atoms with E-state index in [1.807, 2.05) is 0 Å². The summed E-state index contributed by atoms with van der Waals surface area (Å²) in [5.41, 5.74) is 0.737. The molecule has 0 bridgehead atoms. The third-order valence-corrected chi connectivity index (χ3v) is 1.72. The van der Waals surface area contributed by atoms with Crippen molar-refractivity contribution in [2.24, 2.45) is 0 Å². The van der Waals surface area contributed by atoms with Gasteiger partial charge in [0.05, 0.1) is 6.61 Å². The van der Waals surface area contributed by atoms with Crippen LogP contribution in [-0.4, -0.2) is 29.1 Å². The van der Waals surface area contributed by atoms with Gasteiger partial charge < -0.3 is 10.1 Å². The van der Waals surface area contributed by atoms with Crippen molar-refractivity contribution in [1.82, 2.24) is 9.97 Å². The number of hydrogen-bond donors (Lipinski definition) is 1. The van der Waals surface area contributed by atoms with Gasteiger partial charge in [-0.05, 0) is 25.4 Å². The molecule has 0 aliphatic carbocycles. The molecule has 15 heavy (non-hydrogen) atoms. The zero-order valence-electron chi connectivity index (χ0n) is 8.58. The lowest BCUT2D eigenvalue weighted by molar-refractivity contribution is -0.140. The lowest BCUT2D eigenvalue weighted by Crippen LogP contribution is -2.17. The summed E-state index contributed by atoms with van der Waals surface area (Å²) in [4.78, 5) is 18.8. The second-order valence-corrected chi connectivity index (χ2v) is 3.16. The summed E-state index contributed by atoms with van der Waals surface area (Å²) in [7, 11) is 0. The molecule has 0 fully saturated rings. The van der Waals surface area contributed by atoms with Crippen LogP contribution in [0.4, 0.5) is 5.82 Å². The molecule has 1 aromatic heterocycles. The molecular formula is C9H12ClN3O2. The molecule has 1 heterocycles. The molecule has 0 radical (unpaired) electrons. The van der Waals surface area contributed by atoms with Crippen LogP contribution in [-0.2, 0) is 9.53 Å². The fraction of sp³-hybridized carbons (Fsp3) is 0.444. The monoisotopic (exact) mass is 229 g/mol. The molecule has 0 amide bonds. The van der Waals surface area contributed by atoms with Gasteiger partial charge >= 0.3 is 5.97 Å². The van der Waals surface area contributed by atoms with Gasteiger partial charge in [-0.25, -0.2) is 9.97 Å². The zero-order valence-corrected chi connectivity index (χ0v) is 9.34. The molecule has 0 aromatic carbocycles. The van der Waals surface area contributed by atoms with Gasteiger partial charge in [0.25, 0.3) is 0 Å². The number of esters is 1. The van der Waals surface area contributed by atoms with Gasteiger partial charge in [0.1, 0.15) is 12.4 Å². The molecule has 1 rings (SSSR count). The summed E-state index contributed by atoms with van der Waals surface area (Å²) < 4.78 is 4.75. The number of nitrogens with zero attached hydrogens (tertiary/aromatic N) is 2. The van der Waals surface area contributed by atoms with Gasteiger partial charge in [-0.2, -0.15) is 0 Å². The third-order valence-electron chi connectivity index (χ3n) is 1.55. The SMILES string of the molecule is CCOC(=O)CNc1cc(C)nc(Cl)n1. The first kappa shape index (κ1) is 11.7. The highest BCUT2D eigenvalue weighted by atomic mass is 35.5. The van der Waals surface area contributed by atoms with E-state index in [1.165, 1.54) is 0 Å². The molecule has 0 saturated heterocycles. The molecule has 6 heteroatoms. The number of aromatic nitrogens is 2. The first-order valence-corrected chi connectivity index (χ1v) is 4.90. The lowest BCUT2D eigenvalue weighted by atomic mass is 10.4. The number of anilines is 1. The summed E-state index contributed by atoms with van der Waals surface area (Å²) in [5.74, 6) is 0.186. The van der Waals surface area contributed by atoms with Crippen LogP contribution in [0.15, 0.2) is 6.07 Å². The van der Waals surface area contributed by atoms with Crippen LogP contribution in [0, 0.1) is 6.92 Å². The van der Waals surface area contributed by atoms with Crippen molar-refractivity contribution in [2.45, 2.75) is 13.8 Å². The molecule has 0 spiro atoms. The fourth-order valence-corrected chi connectivity index (χ4v) is 1.22. The molecule has 0 unspecified atom stereocenters. The minimum atomic E-state index is -0.329. The van der Waals surface area contributed by atoms with Gasteiger partial charge in [0, 0.05) is 11.8 Å². The largest absolute Gasteiger partial charge is 0.465 e. The number of nitrogens with one attached hydrogen (secondary N) is 1. The number of carbonyl (C=O) groups excluding carboxylic acids is 1. The first-order chi connectivity index (χ1) is 7.11. The van der Waals surface area contributed by atoms with Crippen molar-refractivity contribution in [2.75, 3.05) is 18.5 Å². The highest BCUT2D eigenvalue weighted by Gasteiger charge is 2.03. The minimum absolute atomic E-state index is 0.0701. The van der Waals surface area contributed by atoms with E-state index in [-0.39, 0.29) is 17.8 Å². The number of rotatable bonds is 4. The summed E-state index contributed by atoms with van der Waals surface area (Å²) in [6, 6.07) is 1.70. The van der Waals surface area contributed by atoms with Gasteiger partial charge in [-0.15, -0.1) is 0 Å². The molecule has 0 atom stereocenters. The molecule has 82 valence electrons. The molecule has 1 N–H and O–H groups in total. The Hall–Kier alpha value is -1.36. The van der Waals surface area contributed by atoms with Gasteiger partial charge in [-0.3, -0.25) is 4.79 Å². The van der Waals surface area contributed by atoms with Crippen LogP contribution < -0.4 is 5.32 Å². The van der Waals surface area contributed by atoms with Crippen molar-refractivity contribution in [3.05, 3.63) is 17.0 Å². The summed E-state index contributed by atoms with van der Waals surface area (Å²) >= 11 is 5.65. The Balaban J connectivity index is 2.54. The average molecular weight is 230 g/mol. The Bertz CT molecular complexity index is 337. The van der Waals surface area contributed by atoms with Crippen molar-refractivity contribution < 1.29 is 9.53 Å². The van der Waals surface area contributed by atoms with Crippen molar-refractivity contribution in [1.29, 1.82) is 0 Å². The lowest BCUT2D eigenvalue weighted by Gasteiger charge is -2.05. The molecular weight excluding hydrogens is 218 g/mol. The first-order valence-electron chi connectivity index (χ1n) is 4.52. The second kappa shape index (κ2) is 5.50. The Morgan fingerprint density at radius 3 is 2.93 bits per heavy atom. The predicted molar refractivity (Wildman–Crippen MR) is 56.9 cm³/mol. The Morgan fingerprint density at radius 1 is 1.60 bits per heavy atom. The van der Waals surface area contributed by atoms with E-state index in [9.17, 15) is 4.79 Å². The quantitative estimate of drug-likeness (QED) is 0.625. The summed E-state index contributed by atoms with van der Waals surface area (Å²) in [6.07, 6.45) is 0. The van der Waals surface area contributed by atoms with Gasteiger partial charge in [0.2, 0.25) is 5.28 Å². The normalized spacial score (nSPS) is 9.80. The van der Waals surface area contributed by atoms with Crippen LogP contribution in [0.25, 0.3) is 0 Å². The van der Waals surface area contributed by atoms with E-state index < -0.39 is 0 Å². The van der Waals surface area contributed by atoms with E-state index in [0.717, 1.165) is 5.69 Å². The van der Waals surface area contributed by atoms with Crippen molar-refractivity contribution >= 4 is 23.4 Å². The van der Waals surface area contributed by atoms with E-state index in [2.05, 4.69) is 15.3 Å². The molecule has 0 aliphatic heterocycles. The molecule has 0 aliphatic rings. The highest BCUT2D eigenvalue weighted by Crippen LogP contribution is 2.09. The van der Waals surface area contributed by atoms with Crippen LogP contribution >= 0.6 is 11.6 Å². The molecule has 1 aromatic rings. The van der Waals surface area contributed by atoms with Crippen LogP contribution in [0.5, 0.6) is 0 Å². The fourth-order valence-electron chi connectivity index (χ4n) is 0.998. The Labute approximate surface area is 92.8 Å². The smallest absolute Gasteiger partial charge is 0.325 e. The maximum Gasteiger partial charge on any atom is 0.325 e. The van der Waals surface area contributed by atoms with Crippen LogP contribution in [0.1, 0.15) is 12.6 Å². The number of carbonyl (C=O) groups is 1. The number of halogens is 1. The number of hydrogen-bond acceptors (Lipinski definition) is 5.